The molecule has 9 heteroatoms. The fourth-order valence-electron chi connectivity index (χ4n) is 3.86. The van der Waals surface area contributed by atoms with Crippen LogP contribution in [0.5, 0.6) is 5.75 Å². The lowest BCUT2D eigenvalue weighted by atomic mass is 10.0. The van der Waals surface area contributed by atoms with E-state index in [1.54, 1.807) is 24.7 Å². The van der Waals surface area contributed by atoms with E-state index >= 15 is 0 Å². The quantitative estimate of drug-likeness (QED) is 0.622. The number of hydrogen-bond donors (Lipinski definition) is 3. The zero-order valence-corrected chi connectivity index (χ0v) is 15.3. The van der Waals surface area contributed by atoms with Crippen molar-refractivity contribution < 1.29 is 9.84 Å². The van der Waals surface area contributed by atoms with Crippen LogP contribution in [0.2, 0.25) is 0 Å². The highest BCUT2D eigenvalue weighted by Crippen LogP contribution is 2.33. The van der Waals surface area contributed by atoms with Crippen LogP contribution in [0.25, 0.3) is 22.4 Å². The van der Waals surface area contributed by atoms with E-state index in [1.807, 2.05) is 12.1 Å². The number of benzene rings is 1. The first kappa shape index (κ1) is 17.1. The highest BCUT2D eigenvalue weighted by molar-refractivity contribution is 5.73. The van der Waals surface area contributed by atoms with Gasteiger partial charge in [0.15, 0.2) is 0 Å². The van der Waals surface area contributed by atoms with Crippen molar-refractivity contribution in [1.82, 2.24) is 30.7 Å². The van der Waals surface area contributed by atoms with Gasteiger partial charge in [-0.3, -0.25) is 5.10 Å². The molecule has 3 N–H and O–H groups in total. The van der Waals surface area contributed by atoms with Gasteiger partial charge in [-0.2, -0.15) is 5.10 Å². The molecule has 0 bridgehead atoms. The number of ether oxygens (including phenoxy) is 1. The minimum Gasteiger partial charge on any atom is -0.507 e. The van der Waals surface area contributed by atoms with Crippen LogP contribution in [0.1, 0.15) is 6.42 Å². The molecule has 3 aromatic rings. The van der Waals surface area contributed by atoms with E-state index in [2.05, 4.69) is 35.6 Å². The second-order valence-corrected chi connectivity index (χ2v) is 7.24. The molecular formula is C19H21N7O2. The Morgan fingerprint density at radius 2 is 2.14 bits per heavy atom. The van der Waals surface area contributed by atoms with Gasteiger partial charge in [0.25, 0.3) is 0 Å². The monoisotopic (exact) mass is 379 g/mol. The van der Waals surface area contributed by atoms with E-state index in [4.69, 9.17) is 4.74 Å². The fourth-order valence-corrected chi connectivity index (χ4v) is 3.86. The molecule has 0 radical (unpaired) electrons. The number of aromatic nitrogens is 5. The van der Waals surface area contributed by atoms with Crippen LogP contribution in [0.15, 0.2) is 36.8 Å². The predicted molar refractivity (Wildman–Crippen MR) is 103 cm³/mol. The van der Waals surface area contributed by atoms with E-state index in [9.17, 15) is 5.11 Å². The maximum absolute atomic E-state index is 10.4. The van der Waals surface area contributed by atoms with Crippen LogP contribution in [-0.4, -0.2) is 68.9 Å². The Morgan fingerprint density at radius 3 is 2.86 bits per heavy atom. The second kappa shape index (κ2) is 6.84. The van der Waals surface area contributed by atoms with Crippen molar-refractivity contribution in [3.8, 4) is 28.1 Å². The first-order valence-corrected chi connectivity index (χ1v) is 9.34. The molecule has 28 heavy (non-hydrogen) atoms. The van der Waals surface area contributed by atoms with E-state index in [0.29, 0.717) is 17.2 Å². The Hall–Kier alpha value is -3.04. The van der Waals surface area contributed by atoms with Gasteiger partial charge in [0.1, 0.15) is 11.4 Å². The molecular weight excluding hydrogens is 358 g/mol. The predicted octanol–water partition coefficient (Wildman–Crippen LogP) is 1.20. The van der Waals surface area contributed by atoms with Crippen LogP contribution in [0.4, 0.5) is 5.95 Å². The molecule has 5 rings (SSSR count). The summed E-state index contributed by atoms with van der Waals surface area (Å²) in [5.74, 6) is 0.716. The van der Waals surface area contributed by atoms with Crippen LogP contribution in [0, 0.1) is 0 Å². The third-order valence-electron chi connectivity index (χ3n) is 5.39. The Morgan fingerprint density at radius 1 is 1.18 bits per heavy atom. The van der Waals surface area contributed by atoms with Crippen molar-refractivity contribution in [3.05, 3.63) is 36.8 Å². The first-order valence-electron chi connectivity index (χ1n) is 9.34. The maximum Gasteiger partial charge on any atom is 0.245 e. The van der Waals surface area contributed by atoms with E-state index in [0.717, 1.165) is 50.3 Å². The summed E-state index contributed by atoms with van der Waals surface area (Å²) in [4.78, 5) is 6.58. The topological polar surface area (TPSA) is 112 Å². The molecule has 1 spiro atoms. The van der Waals surface area contributed by atoms with Gasteiger partial charge >= 0.3 is 0 Å². The molecule has 9 nitrogen and oxygen atoms in total. The number of phenols is 1. The normalized spacial score (nSPS) is 22.1. The van der Waals surface area contributed by atoms with Crippen LogP contribution in [0.3, 0.4) is 0 Å². The lowest BCUT2D eigenvalue weighted by Crippen LogP contribution is -2.51. The molecule has 1 aromatic carbocycles. The number of phenolic OH excluding ortho intramolecular Hbond substituents is 1. The summed E-state index contributed by atoms with van der Waals surface area (Å²) >= 11 is 0. The summed E-state index contributed by atoms with van der Waals surface area (Å²) in [6, 6.07) is 5.41. The number of nitrogens with zero attached hydrogens (tertiary/aromatic N) is 5. The number of hydrogen-bond acceptors (Lipinski definition) is 8. The largest absolute Gasteiger partial charge is 0.507 e. The van der Waals surface area contributed by atoms with Gasteiger partial charge < -0.3 is 20.1 Å². The van der Waals surface area contributed by atoms with E-state index in [-0.39, 0.29) is 11.4 Å². The van der Waals surface area contributed by atoms with Crippen LogP contribution < -0.4 is 10.2 Å². The van der Waals surface area contributed by atoms with E-state index in [1.165, 1.54) is 0 Å². The number of morpholine rings is 1. The number of rotatable bonds is 3. The van der Waals surface area contributed by atoms with Gasteiger partial charge in [-0.05, 0) is 24.1 Å². The van der Waals surface area contributed by atoms with Crippen molar-refractivity contribution in [1.29, 1.82) is 0 Å². The average Bonchev–Trinajstić information content (AvgIpc) is 3.40. The SMILES string of the molecule is Oc1cc(-c2cn[nH]c2)ccc1-c1cnc(N2CCC3(CNCCO3)C2)nn1. The van der Waals surface area contributed by atoms with Crippen molar-refractivity contribution in [2.75, 3.05) is 37.7 Å². The number of aromatic hydroxyl groups is 1. The summed E-state index contributed by atoms with van der Waals surface area (Å²) in [7, 11) is 0. The lowest BCUT2D eigenvalue weighted by Gasteiger charge is -2.34. The minimum absolute atomic E-state index is 0.129. The van der Waals surface area contributed by atoms with Gasteiger partial charge in [0.05, 0.1) is 31.1 Å². The fraction of sp³-hybridized carbons (Fsp3) is 0.368. The second-order valence-electron chi connectivity index (χ2n) is 7.24. The van der Waals surface area contributed by atoms with E-state index < -0.39 is 0 Å². The van der Waals surface area contributed by atoms with Crippen molar-refractivity contribution in [2.45, 2.75) is 12.0 Å². The van der Waals surface area contributed by atoms with Gasteiger partial charge in [0.2, 0.25) is 5.95 Å². The molecule has 1 unspecified atom stereocenters. The van der Waals surface area contributed by atoms with Crippen molar-refractivity contribution in [3.63, 3.8) is 0 Å². The highest BCUT2D eigenvalue weighted by Gasteiger charge is 2.41. The standard InChI is InChI=1S/C19H21N7O2/c27-17-7-13(14-8-22-23-9-14)1-2-15(17)16-10-21-18(25-24-16)26-5-3-19(12-26)11-20-4-6-28-19/h1-2,7-10,20,27H,3-6,11-12H2,(H,22,23). The van der Waals surface area contributed by atoms with Crippen molar-refractivity contribution >= 4 is 5.95 Å². The summed E-state index contributed by atoms with van der Waals surface area (Å²) in [6.45, 7) is 4.09. The number of anilines is 1. The maximum atomic E-state index is 10.4. The highest BCUT2D eigenvalue weighted by atomic mass is 16.5. The number of H-pyrrole nitrogens is 1. The Balaban J connectivity index is 1.34. The molecule has 2 saturated heterocycles. The number of aromatic amines is 1. The van der Waals surface area contributed by atoms with Gasteiger partial charge in [-0.15, -0.1) is 10.2 Å². The lowest BCUT2D eigenvalue weighted by molar-refractivity contribution is -0.0496. The molecule has 2 aliphatic rings. The zero-order chi connectivity index (χ0) is 19.0. The van der Waals surface area contributed by atoms with Gasteiger partial charge in [0, 0.05) is 37.0 Å². The Kier molecular flexibility index (Phi) is 4.18. The summed E-state index contributed by atoms with van der Waals surface area (Å²) in [6.07, 6.45) is 6.08. The summed E-state index contributed by atoms with van der Waals surface area (Å²) in [5.41, 5.74) is 2.75. The Bertz CT molecular complexity index is 953. The van der Waals surface area contributed by atoms with Crippen molar-refractivity contribution in [2.24, 2.45) is 0 Å². The molecule has 0 aliphatic carbocycles. The molecule has 2 fully saturated rings. The van der Waals surface area contributed by atoms with Crippen LogP contribution in [-0.2, 0) is 4.74 Å². The molecule has 2 aromatic heterocycles. The Labute approximate surface area is 161 Å². The molecule has 144 valence electrons. The summed E-state index contributed by atoms with van der Waals surface area (Å²) < 4.78 is 6.01. The first-order chi connectivity index (χ1) is 13.7. The molecule has 4 heterocycles. The third-order valence-corrected chi connectivity index (χ3v) is 5.39. The zero-order valence-electron chi connectivity index (χ0n) is 15.3. The minimum atomic E-state index is -0.151. The smallest absolute Gasteiger partial charge is 0.245 e. The number of nitrogens with one attached hydrogen (secondary N) is 2. The molecule has 0 saturated carbocycles. The summed E-state index contributed by atoms with van der Waals surface area (Å²) in [5, 5.41) is 29.1. The molecule has 0 amide bonds. The van der Waals surface area contributed by atoms with Crippen LogP contribution >= 0.6 is 0 Å². The third kappa shape index (κ3) is 3.08. The van der Waals surface area contributed by atoms with Gasteiger partial charge in [-0.25, -0.2) is 4.98 Å². The van der Waals surface area contributed by atoms with Gasteiger partial charge in [-0.1, -0.05) is 6.07 Å². The molecule has 1 atom stereocenters. The average molecular weight is 379 g/mol. The molecule has 2 aliphatic heterocycles.